The number of nitrogens with one attached hydrogen (secondary N) is 1. The van der Waals surface area contributed by atoms with Gasteiger partial charge in [0.25, 0.3) is 11.5 Å². The van der Waals surface area contributed by atoms with Crippen molar-refractivity contribution in [3.8, 4) is 11.5 Å². The van der Waals surface area contributed by atoms with Crippen LogP contribution in [0.4, 0.5) is 11.4 Å². The van der Waals surface area contributed by atoms with E-state index >= 15 is 0 Å². The zero-order chi connectivity index (χ0) is 24.0. The largest absolute Gasteiger partial charge is 0.453 e. The van der Waals surface area contributed by atoms with Gasteiger partial charge in [0.15, 0.2) is 11.4 Å². The number of anilines is 2. The summed E-state index contributed by atoms with van der Waals surface area (Å²) in [6.07, 6.45) is 3.64. The summed E-state index contributed by atoms with van der Waals surface area (Å²) in [5.74, 6) is 0.961. The molecule has 3 aromatic carbocycles. The number of carbonyl (C=O) groups is 1. The van der Waals surface area contributed by atoms with Crippen molar-refractivity contribution in [2.45, 2.75) is 19.4 Å². The van der Waals surface area contributed by atoms with E-state index in [9.17, 15) is 9.59 Å². The third-order valence-electron chi connectivity index (χ3n) is 5.95. The summed E-state index contributed by atoms with van der Waals surface area (Å²) < 4.78 is 7.40. The predicted octanol–water partition coefficient (Wildman–Crippen LogP) is 5.06. The molecular formula is C28H26N4O3. The number of rotatable bonds is 7. The van der Waals surface area contributed by atoms with Gasteiger partial charge in [-0.3, -0.25) is 9.59 Å². The van der Waals surface area contributed by atoms with E-state index in [1.807, 2.05) is 65.6 Å². The summed E-state index contributed by atoms with van der Waals surface area (Å²) in [5, 5.41) is 7.54. The van der Waals surface area contributed by atoms with E-state index in [0.717, 1.165) is 31.5 Å². The van der Waals surface area contributed by atoms with E-state index in [1.54, 1.807) is 30.5 Å². The fourth-order valence-corrected chi connectivity index (χ4v) is 4.09. The summed E-state index contributed by atoms with van der Waals surface area (Å²) in [6.45, 7) is 1.94. The Morgan fingerprint density at radius 2 is 1.54 bits per heavy atom. The molecule has 1 saturated heterocycles. The molecule has 1 amide bonds. The molecule has 7 nitrogen and oxygen atoms in total. The van der Waals surface area contributed by atoms with Crippen LogP contribution < -0.4 is 15.6 Å². The van der Waals surface area contributed by atoms with Crippen LogP contribution >= 0.6 is 0 Å². The van der Waals surface area contributed by atoms with Gasteiger partial charge in [0.1, 0.15) is 5.75 Å². The van der Waals surface area contributed by atoms with Gasteiger partial charge in [-0.15, -0.1) is 0 Å². The number of para-hydroxylation sites is 1. The van der Waals surface area contributed by atoms with E-state index in [0.29, 0.717) is 29.3 Å². The lowest BCUT2D eigenvalue weighted by Crippen LogP contribution is -2.27. The van der Waals surface area contributed by atoms with Gasteiger partial charge in [0, 0.05) is 24.3 Å². The Kier molecular flexibility index (Phi) is 6.57. The van der Waals surface area contributed by atoms with Crippen LogP contribution in [0.5, 0.6) is 11.5 Å². The summed E-state index contributed by atoms with van der Waals surface area (Å²) in [4.78, 5) is 28.0. The highest BCUT2D eigenvalue weighted by Gasteiger charge is 2.20. The second-order valence-corrected chi connectivity index (χ2v) is 8.45. The smallest absolute Gasteiger partial charge is 0.294 e. The van der Waals surface area contributed by atoms with Gasteiger partial charge in [-0.1, -0.05) is 48.5 Å². The Bertz CT molecular complexity index is 1350. The van der Waals surface area contributed by atoms with E-state index in [2.05, 4.69) is 10.4 Å². The minimum Gasteiger partial charge on any atom is -0.453 e. The van der Waals surface area contributed by atoms with Crippen LogP contribution in [-0.4, -0.2) is 33.7 Å². The first-order valence-electron chi connectivity index (χ1n) is 11.7. The van der Waals surface area contributed by atoms with Crippen LogP contribution in [0, 0.1) is 0 Å². The first kappa shape index (κ1) is 22.4. The van der Waals surface area contributed by atoms with Gasteiger partial charge >= 0.3 is 0 Å². The molecule has 1 aliphatic heterocycles. The quantitative estimate of drug-likeness (QED) is 0.412. The molecular weight excluding hydrogens is 440 g/mol. The van der Waals surface area contributed by atoms with Gasteiger partial charge < -0.3 is 15.0 Å². The second-order valence-electron chi connectivity index (χ2n) is 8.45. The number of likely N-dealkylation sites (tertiary alicyclic amines) is 1. The second kappa shape index (κ2) is 10.3. The Hall–Kier alpha value is -4.39. The van der Waals surface area contributed by atoms with Crippen molar-refractivity contribution >= 4 is 17.3 Å². The SMILES string of the molecule is O=C(c1ccc(Nc2c(Oc3ccccc3)cnn(Cc3ccccc3)c2=O)cc1)N1CCCC1. The van der Waals surface area contributed by atoms with Crippen LogP contribution in [0.3, 0.4) is 0 Å². The van der Waals surface area contributed by atoms with Crippen molar-refractivity contribution in [2.24, 2.45) is 0 Å². The van der Waals surface area contributed by atoms with Crippen molar-refractivity contribution in [3.05, 3.63) is 113 Å². The van der Waals surface area contributed by atoms with E-state index < -0.39 is 0 Å². The van der Waals surface area contributed by atoms with Crippen molar-refractivity contribution < 1.29 is 9.53 Å². The van der Waals surface area contributed by atoms with Crippen LogP contribution in [0.25, 0.3) is 0 Å². The molecule has 0 bridgehead atoms. The molecule has 35 heavy (non-hydrogen) atoms. The zero-order valence-electron chi connectivity index (χ0n) is 19.3. The molecule has 1 aliphatic rings. The lowest BCUT2D eigenvalue weighted by molar-refractivity contribution is 0.0793. The molecule has 1 aromatic heterocycles. The number of hydrogen-bond donors (Lipinski definition) is 1. The molecule has 0 spiro atoms. The molecule has 0 atom stereocenters. The maximum absolute atomic E-state index is 13.4. The van der Waals surface area contributed by atoms with Crippen LogP contribution in [0.1, 0.15) is 28.8 Å². The third-order valence-corrected chi connectivity index (χ3v) is 5.95. The number of nitrogens with zero attached hydrogens (tertiary/aromatic N) is 3. The molecule has 0 unspecified atom stereocenters. The van der Waals surface area contributed by atoms with Crippen LogP contribution in [0.2, 0.25) is 0 Å². The van der Waals surface area contributed by atoms with Gasteiger partial charge in [0.2, 0.25) is 0 Å². The number of amides is 1. The lowest BCUT2D eigenvalue weighted by Gasteiger charge is -2.16. The van der Waals surface area contributed by atoms with Gasteiger partial charge in [0.05, 0.1) is 12.7 Å². The maximum atomic E-state index is 13.4. The van der Waals surface area contributed by atoms with Crippen LogP contribution in [-0.2, 0) is 6.54 Å². The molecule has 0 radical (unpaired) electrons. The molecule has 5 rings (SSSR count). The number of carbonyl (C=O) groups excluding carboxylic acids is 1. The average Bonchev–Trinajstić information content (AvgIpc) is 3.44. The lowest BCUT2D eigenvalue weighted by atomic mass is 10.2. The highest BCUT2D eigenvalue weighted by atomic mass is 16.5. The molecule has 7 heteroatoms. The van der Waals surface area contributed by atoms with Crippen molar-refractivity contribution in [2.75, 3.05) is 18.4 Å². The van der Waals surface area contributed by atoms with Gasteiger partial charge in [-0.05, 0) is 54.8 Å². The Morgan fingerprint density at radius 3 is 2.23 bits per heavy atom. The first-order chi connectivity index (χ1) is 17.2. The third kappa shape index (κ3) is 5.24. The highest BCUT2D eigenvalue weighted by molar-refractivity contribution is 5.94. The molecule has 2 heterocycles. The normalized spacial score (nSPS) is 13.0. The van der Waals surface area contributed by atoms with Crippen LogP contribution in [0.15, 0.2) is 95.9 Å². The topological polar surface area (TPSA) is 76.5 Å². The van der Waals surface area contributed by atoms with E-state index in [4.69, 9.17) is 4.74 Å². The fraction of sp³-hybridized carbons (Fsp3) is 0.179. The predicted molar refractivity (Wildman–Crippen MR) is 135 cm³/mol. The summed E-state index contributed by atoms with van der Waals surface area (Å²) in [5.41, 5.74) is 2.25. The minimum atomic E-state index is -0.306. The fourth-order valence-electron chi connectivity index (χ4n) is 4.09. The van der Waals surface area contributed by atoms with Crippen molar-refractivity contribution in [1.82, 2.24) is 14.7 Å². The molecule has 0 aliphatic carbocycles. The Labute approximate surface area is 203 Å². The maximum Gasteiger partial charge on any atom is 0.294 e. The molecule has 0 saturated carbocycles. The molecule has 1 fully saturated rings. The van der Waals surface area contributed by atoms with E-state index in [-0.39, 0.29) is 17.2 Å². The number of hydrogen-bond acceptors (Lipinski definition) is 5. The highest BCUT2D eigenvalue weighted by Crippen LogP contribution is 2.28. The monoisotopic (exact) mass is 466 g/mol. The molecule has 176 valence electrons. The van der Waals surface area contributed by atoms with Gasteiger partial charge in [-0.2, -0.15) is 5.10 Å². The van der Waals surface area contributed by atoms with Crippen molar-refractivity contribution in [3.63, 3.8) is 0 Å². The molecule has 1 N–H and O–H groups in total. The summed E-state index contributed by atoms with van der Waals surface area (Å²) in [7, 11) is 0. The number of aromatic nitrogens is 2. The Balaban J connectivity index is 1.44. The average molecular weight is 467 g/mol. The van der Waals surface area contributed by atoms with Gasteiger partial charge in [-0.25, -0.2) is 4.68 Å². The standard InChI is InChI=1S/C28H26N4O3/c33-27(31-17-7-8-18-31)22-13-15-23(16-14-22)30-26-25(35-24-11-5-2-6-12-24)19-29-32(28(26)34)20-21-9-3-1-4-10-21/h1-6,9-16,19,30H,7-8,17-18,20H2. The minimum absolute atomic E-state index is 0.0382. The number of ether oxygens (including phenoxy) is 1. The Morgan fingerprint density at radius 1 is 0.886 bits per heavy atom. The summed E-state index contributed by atoms with van der Waals surface area (Å²) in [6, 6.07) is 26.1. The number of benzene rings is 3. The van der Waals surface area contributed by atoms with E-state index in [1.165, 1.54) is 4.68 Å². The van der Waals surface area contributed by atoms with Crippen molar-refractivity contribution in [1.29, 1.82) is 0 Å². The first-order valence-corrected chi connectivity index (χ1v) is 11.7. The zero-order valence-corrected chi connectivity index (χ0v) is 19.3. The molecule has 4 aromatic rings. The summed E-state index contributed by atoms with van der Waals surface area (Å²) >= 11 is 0.